The molecule has 0 radical (unpaired) electrons. The van der Waals surface area contributed by atoms with E-state index in [9.17, 15) is 0 Å². The van der Waals surface area contributed by atoms with Crippen molar-refractivity contribution in [2.24, 2.45) is 0 Å². The molecular weight excluding hydrogens is 262 g/mol. The molecule has 0 aliphatic rings. The van der Waals surface area contributed by atoms with Crippen LogP contribution in [0.1, 0.15) is 72.3 Å². The average molecular weight is 295 g/mol. The molecule has 4 nitrogen and oxygen atoms in total. The van der Waals surface area contributed by atoms with Gasteiger partial charge in [0.25, 0.3) is 0 Å². The van der Waals surface area contributed by atoms with Crippen LogP contribution < -0.4 is 5.32 Å². The largest absolute Gasteiger partial charge is 0.360 e. The minimum absolute atomic E-state index is 0.100. The lowest BCUT2D eigenvalue weighted by Crippen LogP contribution is -2.35. The summed E-state index contributed by atoms with van der Waals surface area (Å²) >= 11 is 0. The van der Waals surface area contributed by atoms with Gasteiger partial charge < -0.3 is 9.84 Å². The third-order valence-electron chi connectivity index (χ3n) is 3.78. The lowest BCUT2D eigenvalue weighted by molar-refractivity contribution is 0.171. The molecule has 1 N–H and O–H groups in total. The van der Waals surface area contributed by atoms with E-state index in [4.69, 9.17) is 4.52 Å². The summed E-state index contributed by atoms with van der Waals surface area (Å²) in [5, 5.41) is 7.61. The molecule has 0 aliphatic carbocycles. The summed E-state index contributed by atoms with van der Waals surface area (Å²) < 4.78 is 5.50. The molecule has 1 atom stereocenters. The molecular formula is C17H33N3O. The normalized spacial score (nSPS) is 13.9. The summed E-state index contributed by atoms with van der Waals surface area (Å²) in [4.78, 5) is 2.49. The smallest absolute Gasteiger partial charge is 0.151 e. The Labute approximate surface area is 130 Å². The van der Waals surface area contributed by atoms with E-state index in [2.05, 4.69) is 63.0 Å². The van der Waals surface area contributed by atoms with E-state index in [0.29, 0.717) is 6.04 Å². The average Bonchev–Trinajstić information content (AvgIpc) is 2.87. The molecule has 1 heterocycles. The molecule has 1 rings (SSSR count). The third-order valence-corrected chi connectivity index (χ3v) is 3.78. The van der Waals surface area contributed by atoms with Crippen LogP contribution in [0.3, 0.4) is 0 Å². The Kier molecular flexibility index (Phi) is 7.40. The number of nitrogens with zero attached hydrogens (tertiary/aromatic N) is 2. The lowest BCUT2D eigenvalue weighted by atomic mass is 10.1. The van der Waals surface area contributed by atoms with Crippen LogP contribution in [0, 0.1) is 0 Å². The molecule has 4 heteroatoms. The van der Waals surface area contributed by atoms with E-state index in [-0.39, 0.29) is 5.54 Å². The van der Waals surface area contributed by atoms with E-state index in [1.54, 1.807) is 0 Å². The highest BCUT2D eigenvalue weighted by Gasteiger charge is 2.16. The minimum atomic E-state index is 0.100. The summed E-state index contributed by atoms with van der Waals surface area (Å²) in [6.45, 7) is 16.0. The zero-order chi connectivity index (χ0) is 15.9. The summed E-state index contributed by atoms with van der Waals surface area (Å²) in [5.74, 6) is 0.970. The predicted molar refractivity (Wildman–Crippen MR) is 88.2 cm³/mol. The highest BCUT2D eigenvalue weighted by Crippen LogP contribution is 2.13. The van der Waals surface area contributed by atoms with Gasteiger partial charge in [-0.05, 0) is 47.1 Å². The SMILES string of the molecule is CCCCN(Cc1cc(CNC(C)(C)C)no1)C(C)CC. The van der Waals surface area contributed by atoms with Gasteiger partial charge in [0.05, 0.1) is 12.2 Å². The van der Waals surface area contributed by atoms with Crippen LogP contribution in [0.5, 0.6) is 0 Å². The fourth-order valence-corrected chi connectivity index (χ4v) is 2.14. The molecule has 0 fully saturated rings. The summed E-state index contributed by atoms with van der Waals surface area (Å²) in [5.41, 5.74) is 1.09. The van der Waals surface area contributed by atoms with Crippen molar-refractivity contribution in [3.05, 3.63) is 17.5 Å². The first-order valence-corrected chi connectivity index (χ1v) is 8.29. The second-order valence-electron chi connectivity index (χ2n) is 6.97. The fraction of sp³-hybridized carbons (Fsp3) is 0.824. The van der Waals surface area contributed by atoms with Crippen molar-refractivity contribution in [3.8, 4) is 0 Å². The van der Waals surface area contributed by atoms with Crippen LogP contribution >= 0.6 is 0 Å². The van der Waals surface area contributed by atoms with E-state index in [1.807, 2.05) is 0 Å². The van der Waals surface area contributed by atoms with Crippen LogP contribution in [0.2, 0.25) is 0 Å². The Morgan fingerprint density at radius 2 is 2.05 bits per heavy atom. The molecule has 0 bridgehead atoms. The molecule has 1 aromatic rings. The Morgan fingerprint density at radius 1 is 1.33 bits per heavy atom. The molecule has 122 valence electrons. The Bertz CT molecular complexity index is 395. The Balaban J connectivity index is 2.57. The van der Waals surface area contributed by atoms with Crippen LogP contribution in [-0.4, -0.2) is 28.2 Å². The van der Waals surface area contributed by atoms with Crippen LogP contribution in [-0.2, 0) is 13.1 Å². The molecule has 0 aromatic carbocycles. The van der Waals surface area contributed by atoms with E-state index < -0.39 is 0 Å². The van der Waals surface area contributed by atoms with Gasteiger partial charge in [0, 0.05) is 24.2 Å². The first-order chi connectivity index (χ1) is 9.85. The van der Waals surface area contributed by atoms with Crippen molar-refractivity contribution in [1.29, 1.82) is 0 Å². The number of unbranched alkanes of at least 4 members (excludes halogenated alkanes) is 1. The number of hydrogen-bond donors (Lipinski definition) is 1. The van der Waals surface area contributed by atoms with Gasteiger partial charge in [-0.15, -0.1) is 0 Å². The van der Waals surface area contributed by atoms with Gasteiger partial charge in [-0.1, -0.05) is 25.4 Å². The van der Waals surface area contributed by atoms with Gasteiger partial charge >= 0.3 is 0 Å². The van der Waals surface area contributed by atoms with Crippen molar-refractivity contribution in [2.75, 3.05) is 6.54 Å². The van der Waals surface area contributed by atoms with Gasteiger partial charge in [-0.2, -0.15) is 0 Å². The zero-order valence-electron chi connectivity index (χ0n) is 14.7. The van der Waals surface area contributed by atoms with Gasteiger partial charge in [-0.25, -0.2) is 0 Å². The maximum absolute atomic E-state index is 5.50. The van der Waals surface area contributed by atoms with Crippen molar-refractivity contribution >= 4 is 0 Å². The fourth-order valence-electron chi connectivity index (χ4n) is 2.14. The quantitative estimate of drug-likeness (QED) is 0.748. The van der Waals surface area contributed by atoms with Crippen molar-refractivity contribution in [3.63, 3.8) is 0 Å². The molecule has 1 aromatic heterocycles. The number of aromatic nitrogens is 1. The molecule has 21 heavy (non-hydrogen) atoms. The molecule has 0 aliphatic heterocycles. The first kappa shape index (κ1) is 18.2. The maximum Gasteiger partial charge on any atom is 0.151 e. The van der Waals surface area contributed by atoms with Crippen molar-refractivity contribution < 1.29 is 4.52 Å². The highest BCUT2D eigenvalue weighted by atomic mass is 16.5. The Morgan fingerprint density at radius 3 is 2.62 bits per heavy atom. The molecule has 1 unspecified atom stereocenters. The molecule has 0 saturated carbocycles. The van der Waals surface area contributed by atoms with Crippen LogP contribution in [0.4, 0.5) is 0 Å². The number of rotatable bonds is 9. The standard InChI is InChI=1S/C17H33N3O/c1-7-9-10-20(14(3)8-2)13-16-11-15(19-21-16)12-18-17(4,5)6/h11,14,18H,7-10,12-13H2,1-6H3. The van der Waals surface area contributed by atoms with Crippen molar-refractivity contribution in [2.45, 2.75) is 85.5 Å². The van der Waals surface area contributed by atoms with Gasteiger partial charge in [0.15, 0.2) is 5.76 Å². The van der Waals surface area contributed by atoms with Gasteiger partial charge in [0.1, 0.15) is 0 Å². The van der Waals surface area contributed by atoms with E-state index >= 15 is 0 Å². The minimum Gasteiger partial charge on any atom is -0.360 e. The highest BCUT2D eigenvalue weighted by molar-refractivity contribution is 5.05. The summed E-state index contributed by atoms with van der Waals surface area (Å²) in [6, 6.07) is 2.66. The van der Waals surface area contributed by atoms with Crippen LogP contribution in [0.25, 0.3) is 0 Å². The molecule has 0 amide bonds. The monoisotopic (exact) mass is 295 g/mol. The predicted octanol–water partition coefficient (Wildman–Crippen LogP) is 3.96. The van der Waals surface area contributed by atoms with Gasteiger partial charge in [0.2, 0.25) is 0 Å². The van der Waals surface area contributed by atoms with Gasteiger partial charge in [-0.3, -0.25) is 4.90 Å². The second kappa shape index (κ2) is 8.54. The molecule has 0 saturated heterocycles. The van der Waals surface area contributed by atoms with Crippen LogP contribution in [0.15, 0.2) is 10.6 Å². The van der Waals surface area contributed by atoms with E-state index in [0.717, 1.165) is 37.5 Å². The Hall–Kier alpha value is -0.870. The number of nitrogens with one attached hydrogen (secondary N) is 1. The number of hydrogen-bond acceptors (Lipinski definition) is 4. The third kappa shape index (κ3) is 7.09. The summed E-state index contributed by atoms with van der Waals surface area (Å²) in [7, 11) is 0. The topological polar surface area (TPSA) is 41.3 Å². The first-order valence-electron chi connectivity index (χ1n) is 8.29. The van der Waals surface area contributed by atoms with Crippen molar-refractivity contribution in [1.82, 2.24) is 15.4 Å². The summed E-state index contributed by atoms with van der Waals surface area (Å²) in [6.07, 6.45) is 3.62. The lowest BCUT2D eigenvalue weighted by Gasteiger charge is -2.27. The molecule has 0 spiro atoms. The maximum atomic E-state index is 5.50. The second-order valence-corrected chi connectivity index (χ2v) is 6.97. The zero-order valence-corrected chi connectivity index (χ0v) is 14.7. The van der Waals surface area contributed by atoms with E-state index in [1.165, 1.54) is 12.8 Å².